The van der Waals surface area contributed by atoms with Crippen molar-refractivity contribution in [2.24, 2.45) is 5.11 Å². The summed E-state index contributed by atoms with van der Waals surface area (Å²) in [5, 5.41) is 8.95. The zero-order valence-corrected chi connectivity index (χ0v) is 16.5. The monoisotopic (exact) mass is 416 g/mol. The summed E-state index contributed by atoms with van der Waals surface area (Å²) in [5.41, 5.74) is 10.1. The van der Waals surface area contributed by atoms with Gasteiger partial charge in [-0.15, -0.1) is 0 Å². The Labute approximate surface area is 173 Å². The molecule has 2 aliphatic heterocycles. The third kappa shape index (κ3) is 5.47. The number of nitrogens with one attached hydrogen (secondary N) is 2. The Kier molecular flexibility index (Phi) is 7.61. The van der Waals surface area contributed by atoms with Gasteiger partial charge in [-0.1, -0.05) is 11.2 Å². The van der Waals surface area contributed by atoms with Gasteiger partial charge in [0.25, 0.3) is 5.91 Å². The van der Waals surface area contributed by atoms with E-state index in [1.807, 2.05) is 0 Å². The first-order chi connectivity index (χ1) is 14.6. The lowest BCUT2D eigenvalue weighted by atomic mass is 10.1. The van der Waals surface area contributed by atoms with E-state index in [1.54, 1.807) is 23.1 Å². The highest BCUT2D eigenvalue weighted by molar-refractivity contribution is 6.02. The average molecular weight is 416 g/mol. The van der Waals surface area contributed by atoms with Gasteiger partial charge >= 0.3 is 0 Å². The molecule has 0 radical (unpaired) electrons. The van der Waals surface area contributed by atoms with Gasteiger partial charge in [0.05, 0.1) is 25.9 Å². The highest BCUT2D eigenvalue weighted by Crippen LogP contribution is 2.31. The van der Waals surface area contributed by atoms with E-state index in [9.17, 15) is 14.4 Å². The van der Waals surface area contributed by atoms with Gasteiger partial charge in [0.15, 0.2) is 0 Å². The van der Waals surface area contributed by atoms with Crippen LogP contribution in [0, 0.1) is 0 Å². The number of azide groups is 1. The van der Waals surface area contributed by atoms with Crippen molar-refractivity contribution in [1.82, 2.24) is 10.2 Å². The number of fused-ring (bicyclic) bond motifs is 1. The third-order valence-corrected chi connectivity index (χ3v) is 4.95. The summed E-state index contributed by atoms with van der Waals surface area (Å²) in [6.45, 7) is 1.76. The molecule has 11 heteroatoms. The summed E-state index contributed by atoms with van der Waals surface area (Å²) in [7, 11) is 0. The predicted molar refractivity (Wildman–Crippen MR) is 107 cm³/mol. The highest BCUT2D eigenvalue weighted by Gasteiger charge is 2.35. The molecule has 2 N–H and O–H groups in total. The maximum Gasteiger partial charge on any atom is 0.254 e. The lowest BCUT2D eigenvalue weighted by Gasteiger charge is -2.31. The molecule has 160 valence electrons. The lowest BCUT2D eigenvalue weighted by molar-refractivity contribution is -0.123. The van der Waals surface area contributed by atoms with Crippen LogP contribution in [0.4, 0.5) is 5.69 Å². The van der Waals surface area contributed by atoms with Crippen molar-refractivity contribution >= 4 is 23.4 Å². The van der Waals surface area contributed by atoms with Crippen molar-refractivity contribution in [2.75, 3.05) is 44.8 Å². The molecule has 1 saturated heterocycles. The minimum atomic E-state index is -0.326. The Bertz CT molecular complexity index is 844. The largest absolute Gasteiger partial charge is 0.379 e. The van der Waals surface area contributed by atoms with E-state index in [0.29, 0.717) is 43.8 Å². The number of amides is 3. The van der Waals surface area contributed by atoms with Crippen LogP contribution in [0.5, 0.6) is 0 Å². The summed E-state index contributed by atoms with van der Waals surface area (Å²) in [5.74, 6) is -0.408. The number of ether oxygens (including phenoxy) is 2. The topological polar surface area (TPSA) is 146 Å². The van der Waals surface area contributed by atoms with Crippen molar-refractivity contribution in [2.45, 2.75) is 25.4 Å². The SMILES string of the molecule is [N-]=[N+]=NCCOCCOCC(=O)Nc1cccc2c1CN(C1CCC(=O)NC1)C2=O. The summed E-state index contributed by atoms with van der Waals surface area (Å²) in [6, 6.07) is 5.19. The van der Waals surface area contributed by atoms with Crippen LogP contribution in [0.2, 0.25) is 0 Å². The van der Waals surface area contributed by atoms with E-state index in [4.69, 9.17) is 15.0 Å². The smallest absolute Gasteiger partial charge is 0.254 e. The Balaban J connectivity index is 1.48. The molecule has 0 aliphatic carbocycles. The number of carbonyl (C=O) groups is 3. The maximum absolute atomic E-state index is 12.8. The predicted octanol–water partition coefficient (Wildman–Crippen LogP) is 1.20. The molecule has 2 heterocycles. The number of piperidine rings is 1. The Morgan fingerprint density at radius 2 is 2.13 bits per heavy atom. The van der Waals surface area contributed by atoms with E-state index in [2.05, 4.69) is 20.7 Å². The standard InChI is InChI=1S/C19H24N6O5/c20-24-22-6-7-29-8-9-30-12-18(27)23-16-3-1-2-14-15(16)11-25(19(14)28)13-4-5-17(26)21-10-13/h1-3,13H,4-12H2,(H,21,26)(H,23,27). The molecule has 1 fully saturated rings. The molecule has 0 saturated carbocycles. The minimum absolute atomic E-state index is 0.00411. The number of hydrogen-bond acceptors (Lipinski definition) is 6. The Morgan fingerprint density at radius 1 is 1.30 bits per heavy atom. The zero-order chi connectivity index (χ0) is 21.3. The number of anilines is 1. The van der Waals surface area contributed by atoms with Crippen LogP contribution in [-0.2, 0) is 25.6 Å². The first-order valence-electron chi connectivity index (χ1n) is 9.76. The summed E-state index contributed by atoms with van der Waals surface area (Å²) in [4.78, 5) is 40.8. The molecule has 0 bridgehead atoms. The fraction of sp³-hybridized carbons (Fsp3) is 0.526. The molecule has 30 heavy (non-hydrogen) atoms. The van der Waals surface area contributed by atoms with E-state index < -0.39 is 0 Å². The molecule has 1 atom stereocenters. The van der Waals surface area contributed by atoms with Gasteiger partial charge in [-0.3, -0.25) is 14.4 Å². The number of rotatable bonds is 10. The van der Waals surface area contributed by atoms with Gasteiger partial charge in [-0.25, -0.2) is 0 Å². The van der Waals surface area contributed by atoms with E-state index in [-0.39, 0.29) is 50.1 Å². The highest BCUT2D eigenvalue weighted by atomic mass is 16.5. The summed E-state index contributed by atoms with van der Waals surface area (Å²) in [6.07, 6.45) is 1.03. The fourth-order valence-corrected chi connectivity index (χ4v) is 3.47. The molecule has 0 spiro atoms. The fourth-order valence-electron chi connectivity index (χ4n) is 3.47. The normalized spacial score (nSPS) is 17.9. The number of hydrogen-bond donors (Lipinski definition) is 2. The molecule has 0 aromatic heterocycles. The van der Waals surface area contributed by atoms with Crippen molar-refractivity contribution in [3.63, 3.8) is 0 Å². The van der Waals surface area contributed by atoms with Crippen LogP contribution < -0.4 is 10.6 Å². The van der Waals surface area contributed by atoms with Gasteiger partial charge in [-0.2, -0.15) is 0 Å². The maximum atomic E-state index is 12.8. The van der Waals surface area contributed by atoms with Crippen molar-refractivity contribution < 1.29 is 23.9 Å². The second-order valence-electron chi connectivity index (χ2n) is 6.93. The zero-order valence-electron chi connectivity index (χ0n) is 16.5. The first kappa shape index (κ1) is 21.6. The van der Waals surface area contributed by atoms with Crippen LogP contribution >= 0.6 is 0 Å². The van der Waals surface area contributed by atoms with Crippen molar-refractivity contribution in [1.29, 1.82) is 0 Å². The van der Waals surface area contributed by atoms with Gasteiger partial charge in [-0.05, 0) is 24.1 Å². The lowest BCUT2D eigenvalue weighted by Crippen LogP contribution is -2.48. The van der Waals surface area contributed by atoms with Gasteiger partial charge in [0, 0.05) is 47.8 Å². The number of benzene rings is 1. The second-order valence-corrected chi connectivity index (χ2v) is 6.93. The van der Waals surface area contributed by atoms with Gasteiger partial charge in [0.1, 0.15) is 6.61 Å². The molecule has 2 aliphatic rings. The molecule has 11 nitrogen and oxygen atoms in total. The minimum Gasteiger partial charge on any atom is -0.379 e. The summed E-state index contributed by atoms with van der Waals surface area (Å²) >= 11 is 0. The van der Waals surface area contributed by atoms with Crippen LogP contribution in [0.1, 0.15) is 28.8 Å². The second kappa shape index (κ2) is 10.6. The Hall–Kier alpha value is -3.14. The molecule has 3 amide bonds. The first-order valence-corrected chi connectivity index (χ1v) is 9.76. The molecule has 1 aromatic rings. The number of carbonyl (C=O) groups excluding carboxylic acids is 3. The molecular weight excluding hydrogens is 392 g/mol. The van der Waals surface area contributed by atoms with E-state index in [1.165, 1.54) is 0 Å². The summed E-state index contributed by atoms with van der Waals surface area (Å²) < 4.78 is 10.5. The van der Waals surface area contributed by atoms with Crippen LogP contribution in [-0.4, -0.2) is 68.2 Å². The van der Waals surface area contributed by atoms with Crippen LogP contribution in [0.3, 0.4) is 0 Å². The molecular formula is C19H24N6O5. The van der Waals surface area contributed by atoms with E-state index in [0.717, 1.165) is 5.56 Å². The molecule has 1 aromatic carbocycles. The van der Waals surface area contributed by atoms with Gasteiger partial charge in [0.2, 0.25) is 11.8 Å². The molecule has 1 unspecified atom stereocenters. The van der Waals surface area contributed by atoms with Crippen LogP contribution in [0.25, 0.3) is 10.4 Å². The molecule has 3 rings (SSSR count). The van der Waals surface area contributed by atoms with Crippen molar-refractivity contribution in [3.8, 4) is 0 Å². The van der Waals surface area contributed by atoms with E-state index >= 15 is 0 Å². The quantitative estimate of drug-likeness (QED) is 0.255. The van der Waals surface area contributed by atoms with Crippen molar-refractivity contribution in [3.05, 3.63) is 39.8 Å². The Morgan fingerprint density at radius 3 is 2.90 bits per heavy atom. The van der Waals surface area contributed by atoms with Crippen LogP contribution in [0.15, 0.2) is 23.3 Å². The average Bonchev–Trinajstić information content (AvgIpc) is 3.08. The third-order valence-electron chi connectivity index (χ3n) is 4.95. The van der Waals surface area contributed by atoms with Gasteiger partial charge < -0.3 is 25.0 Å². The number of nitrogens with zero attached hydrogens (tertiary/aromatic N) is 4.